The average molecular weight is 466 g/mol. The first kappa shape index (κ1) is 22.5. The zero-order valence-electron chi connectivity index (χ0n) is 17.9. The molecule has 0 bridgehead atoms. The van der Waals surface area contributed by atoms with Crippen LogP contribution < -0.4 is 10.6 Å². The lowest BCUT2D eigenvalue weighted by Crippen LogP contribution is -2.40. The van der Waals surface area contributed by atoms with Crippen molar-refractivity contribution in [3.63, 3.8) is 0 Å². The molecule has 0 saturated heterocycles. The summed E-state index contributed by atoms with van der Waals surface area (Å²) in [5.74, 6) is -1.69. The van der Waals surface area contributed by atoms with E-state index in [1.54, 1.807) is 6.92 Å². The fraction of sp³-hybridized carbons (Fsp3) is 0.250. The summed E-state index contributed by atoms with van der Waals surface area (Å²) in [4.78, 5) is 39.7. The van der Waals surface area contributed by atoms with E-state index in [-0.39, 0.29) is 31.2 Å². The fourth-order valence-electron chi connectivity index (χ4n) is 3.86. The molecule has 0 aliphatic heterocycles. The van der Waals surface area contributed by atoms with Crippen LogP contribution in [-0.2, 0) is 16.1 Å². The second kappa shape index (κ2) is 9.83. The van der Waals surface area contributed by atoms with Gasteiger partial charge in [0.1, 0.15) is 23.4 Å². The Morgan fingerprint density at radius 1 is 1.09 bits per heavy atom. The van der Waals surface area contributed by atoms with Crippen LogP contribution in [0.4, 0.5) is 4.79 Å². The Kier molecular flexibility index (Phi) is 6.69. The molecule has 9 heteroatoms. The number of fused-ring (bicyclic) bond motifs is 3. The number of hydrogen-bond acceptors (Lipinski definition) is 6. The lowest BCUT2D eigenvalue weighted by Gasteiger charge is -2.14. The van der Waals surface area contributed by atoms with E-state index in [1.807, 2.05) is 24.3 Å². The van der Waals surface area contributed by atoms with E-state index >= 15 is 0 Å². The number of amides is 2. The number of ether oxygens (including phenoxy) is 1. The minimum absolute atomic E-state index is 0.0287. The van der Waals surface area contributed by atoms with Gasteiger partial charge < -0.3 is 20.5 Å². The quantitative estimate of drug-likeness (QED) is 0.466. The van der Waals surface area contributed by atoms with Gasteiger partial charge in [0.25, 0.3) is 5.91 Å². The van der Waals surface area contributed by atoms with E-state index in [4.69, 9.17) is 9.84 Å². The van der Waals surface area contributed by atoms with Crippen molar-refractivity contribution in [2.24, 2.45) is 0 Å². The van der Waals surface area contributed by atoms with E-state index in [0.29, 0.717) is 5.01 Å². The average Bonchev–Trinajstić information content (AvgIpc) is 3.42. The molecule has 0 radical (unpaired) electrons. The van der Waals surface area contributed by atoms with Crippen LogP contribution in [0, 0.1) is 0 Å². The predicted octanol–water partition coefficient (Wildman–Crippen LogP) is 3.77. The molecule has 1 aliphatic carbocycles. The highest BCUT2D eigenvalue weighted by Crippen LogP contribution is 2.44. The third kappa shape index (κ3) is 4.88. The molecule has 2 amide bonds. The number of benzene rings is 2. The maximum absolute atomic E-state index is 12.3. The molecular weight excluding hydrogens is 442 g/mol. The van der Waals surface area contributed by atoms with Crippen molar-refractivity contribution < 1.29 is 24.2 Å². The van der Waals surface area contributed by atoms with Gasteiger partial charge in [0.15, 0.2) is 0 Å². The van der Waals surface area contributed by atoms with Crippen molar-refractivity contribution in [3.8, 4) is 11.1 Å². The summed E-state index contributed by atoms with van der Waals surface area (Å²) in [5.41, 5.74) is 4.69. The van der Waals surface area contributed by atoms with Crippen LogP contribution in [0.3, 0.4) is 0 Å². The fourth-order valence-corrected chi connectivity index (χ4v) is 4.58. The second-order valence-electron chi connectivity index (χ2n) is 7.58. The third-order valence-corrected chi connectivity index (χ3v) is 6.37. The molecule has 4 rings (SSSR count). The number of alkyl carbamates (subject to hydrolysis) is 1. The number of hydrogen-bond donors (Lipinski definition) is 3. The summed E-state index contributed by atoms with van der Waals surface area (Å²) in [6.45, 7) is 1.98. The third-order valence-electron chi connectivity index (χ3n) is 5.52. The van der Waals surface area contributed by atoms with Gasteiger partial charge in [0, 0.05) is 11.3 Å². The Hall–Kier alpha value is -3.72. The zero-order valence-corrected chi connectivity index (χ0v) is 18.7. The van der Waals surface area contributed by atoms with Crippen LogP contribution in [-0.4, -0.2) is 40.7 Å². The van der Waals surface area contributed by atoms with Gasteiger partial charge in [0.2, 0.25) is 0 Å². The largest absolute Gasteiger partial charge is 0.480 e. The number of aromatic nitrogens is 1. The molecule has 8 nitrogen and oxygen atoms in total. The first-order valence-corrected chi connectivity index (χ1v) is 11.4. The summed E-state index contributed by atoms with van der Waals surface area (Å²) in [6, 6.07) is 15.2. The highest BCUT2D eigenvalue weighted by atomic mass is 32.1. The van der Waals surface area contributed by atoms with Crippen LogP contribution >= 0.6 is 11.3 Å². The summed E-state index contributed by atoms with van der Waals surface area (Å²) in [7, 11) is 0. The Morgan fingerprint density at radius 3 is 2.33 bits per heavy atom. The highest BCUT2D eigenvalue weighted by molar-refractivity contribution is 7.09. The van der Waals surface area contributed by atoms with E-state index in [1.165, 1.54) is 16.7 Å². The Morgan fingerprint density at radius 2 is 1.73 bits per heavy atom. The Bertz CT molecular complexity index is 1150. The van der Waals surface area contributed by atoms with Crippen molar-refractivity contribution in [1.82, 2.24) is 15.6 Å². The SMILES string of the molecule is CC[C@@H](NC(=O)c1csc(CNC(=O)OCC2c3ccccc3-c3ccccc32)n1)C(=O)O. The number of aliphatic carboxylic acids is 1. The molecule has 3 N–H and O–H groups in total. The van der Waals surface area contributed by atoms with Crippen LogP contribution in [0.15, 0.2) is 53.9 Å². The summed E-state index contributed by atoms with van der Waals surface area (Å²) >= 11 is 1.20. The molecule has 3 aromatic rings. The van der Waals surface area contributed by atoms with E-state index < -0.39 is 24.0 Å². The maximum atomic E-state index is 12.3. The van der Waals surface area contributed by atoms with Crippen LogP contribution in [0.25, 0.3) is 11.1 Å². The molecule has 2 aromatic carbocycles. The van der Waals surface area contributed by atoms with Gasteiger partial charge in [-0.25, -0.2) is 14.6 Å². The van der Waals surface area contributed by atoms with Gasteiger partial charge in [-0.15, -0.1) is 11.3 Å². The van der Waals surface area contributed by atoms with Crippen molar-refractivity contribution in [3.05, 3.63) is 75.7 Å². The van der Waals surface area contributed by atoms with E-state index in [2.05, 4.69) is 39.9 Å². The zero-order chi connectivity index (χ0) is 23.4. The van der Waals surface area contributed by atoms with Crippen molar-refractivity contribution in [1.29, 1.82) is 0 Å². The van der Waals surface area contributed by atoms with Gasteiger partial charge in [-0.05, 0) is 28.7 Å². The molecular formula is C24H23N3O5S. The molecule has 0 spiro atoms. The lowest BCUT2D eigenvalue weighted by molar-refractivity contribution is -0.139. The number of thiazole rings is 1. The van der Waals surface area contributed by atoms with Crippen LogP contribution in [0.1, 0.15) is 45.9 Å². The molecule has 1 aromatic heterocycles. The number of nitrogens with zero attached hydrogens (tertiary/aromatic N) is 1. The molecule has 0 fully saturated rings. The standard InChI is InChI=1S/C24H23N3O5S/c1-2-19(23(29)30)27-22(28)20-13-33-21(26-20)11-25-24(31)32-12-18-16-9-5-3-7-14(16)15-8-4-6-10-17(15)18/h3-10,13,18-19H,2,11-12H2,1H3,(H,25,31)(H,27,28)(H,29,30)/t19-/m1/s1. The molecule has 1 atom stereocenters. The van der Waals surface area contributed by atoms with Gasteiger partial charge >= 0.3 is 12.1 Å². The molecule has 1 aliphatic rings. The highest BCUT2D eigenvalue weighted by Gasteiger charge is 2.29. The van der Waals surface area contributed by atoms with E-state index in [0.717, 1.165) is 22.3 Å². The number of carboxylic acids is 1. The van der Waals surface area contributed by atoms with Gasteiger partial charge in [-0.2, -0.15) is 0 Å². The number of nitrogens with one attached hydrogen (secondary N) is 2. The van der Waals surface area contributed by atoms with Gasteiger partial charge in [-0.1, -0.05) is 55.5 Å². The summed E-state index contributed by atoms with van der Waals surface area (Å²) in [5, 5.41) is 16.2. The monoisotopic (exact) mass is 465 g/mol. The Balaban J connectivity index is 1.31. The van der Waals surface area contributed by atoms with Gasteiger partial charge in [-0.3, -0.25) is 4.79 Å². The molecule has 170 valence electrons. The minimum atomic E-state index is -1.10. The van der Waals surface area contributed by atoms with Crippen LogP contribution in [0.5, 0.6) is 0 Å². The molecule has 33 heavy (non-hydrogen) atoms. The first-order valence-electron chi connectivity index (χ1n) is 10.5. The van der Waals surface area contributed by atoms with Crippen LogP contribution in [0.2, 0.25) is 0 Å². The number of rotatable bonds is 8. The van der Waals surface area contributed by atoms with Crippen molar-refractivity contribution >= 4 is 29.3 Å². The normalized spacial score (nSPS) is 13.0. The smallest absolute Gasteiger partial charge is 0.407 e. The van der Waals surface area contributed by atoms with E-state index in [9.17, 15) is 14.4 Å². The topological polar surface area (TPSA) is 118 Å². The summed E-state index contributed by atoms with van der Waals surface area (Å²) in [6.07, 6.45) is -0.309. The lowest BCUT2D eigenvalue weighted by atomic mass is 9.98. The number of carbonyl (C=O) groups excluding carboxylic acids is 2. The number of carboxylic acid groups (broad SMARTS) is 1. The molecule has 0 unspecified atom stereocenters. The minimum Gasteiger partial charge on any atom is -0.480 e. The Labute approximate surface area is 194 Å². The molecule has 0 saturated carbocycles. The second-order valence-corrected chi connectivity index (χ2v) is 8.52. The predicted molar refractivity (Wildman–Crippen MR) is 123 cm³/mol. The number of carbonyl (C=O) groups is 3. The maximum Gasteiger partial charge on any atom is 0.407 e. The first-order chi connectivity index (χ1) is 16.0. The summed E-state index contributed by atoms with van der Waals surface area (Å²) < 4.78 is 5.49. The van der Waals surface area contributed by atoms with Gasteiger partial charge in [0.05, 0.1) is 6.54 Å². The molecule has 1 heterocycles. The van der Waals surface area contributed by atoms with Crippen molar-refractivity contribution in [2.45, 2.75) is 31.8 Å². The van der Waals surface area contributed by atoms with Crippen molar-refractivity contribution in [2.75, 3.05) is 6.61 Å².